The molecule has 0 aliphatic carbocycles. The van der Waals surface area contributed by atoms with Gasteiger partial charge < -0.3 is 11.1 Å². The van der Waals surface area contributed by atoms with Crippen LogP contribution in [0.15, 0.2) is 0 Å². The van der Waals surface area contributed by atoms with E-state index in [1.165, 1.54) is 0 Å². The first kappa shape index (κ1) is 17.0. The van der Waals surface area contributed by atoms with Gasteiger partial charge in [0.15, 0.2) is 0 Å². The van der Waals surface area contributed by atoms with Crippen molar-refractivity contribution in [3.63, 3.8) is 0 Å². The summed E-state index contributed by atoms with van der Waals surface area (Å²) in [5.74, 6) is 0.759. The van der Waals surface area contributed by atoms with Gasteiger partial charge >= 0.3 is 0 Å². The number of carbonyl (C=O) groups excluding carboxylic acids is 2. The van der Waals surface area contributed by atoms with Crippen molar-refractivity contribution in [1.82, 2.24) is 10.2 Å². The number of nitrogens with two attached hydrogens (primary N) is 1. The van der Waals surface area contributed by atoms with Gasteiger partial charge in [-0.25, -0.2) is 0 Å². The second-order valence-electron chi connectivity index (χ2n) is 7.32. The fraction of sp³-hybridized carbons (Fsp3) is 0.867. The van der Waals surface area contributed by atoms with E-state index in [1.54, 1.807) is 0 Å². The molecule has 0 saturated carbocycles. The molecule has 5 nitrogen and oxygen atoms in total. The third-order valence-corrected chi connectivity index (χ3v) is 3.90. The summed E-state index contributed by atoms with van der Waals surface area (Å²) in [6, 6.07) is 0.0993. The lowest BCUT2D eigenvalue weighted by atomic mass is 9.85. The van der Waals surface area contributed by atoms with E-state index in [1.807, 2.05) is 20.8 Å². The summed E-state index contributed by atoms with van der Waals surface area (Å²) in [7, 11) is 0. The van der Waals surface area contributed by atoms with Gasteiger partial charge in [-0.2, -0.15) is 0 Å². The Morgan fingerprint density at radius 1 is 1.30 bits per heavy atom. The average Bonchev–Trinajstić information content (AvgIpc) is 2.26. The van der Waals surface area contributed by atoms with E-state index in [0.717, 1.165) is 13.0 Å². The molecule has 0 aromatic carbocycles. The van der Waals surface area contributed by atoms with Crippen molar-refractivity contribution < 1.29 is 9.59 Å². The van der Waals surface area contributed by atoms with Crippen molar-refractivity contribution in [2.24, 2.45) is 23.0 Å². The SMILES string of the molecule is CC(C)C1CC(NC(=O)C(C)(C)C)CN(CC(N)=O)C1. The van der Waals surface area contributed by atoms with Gasteiger partial charge in [-0.3, -0.25) is 14.5 Å². The highest BCUT2D eigenvalue weighted by molar-refractivity contribution is 5.81. The molecule has 2 amide bonds. The molecule has 1 saturated heterocycles. The first-order valence-corrected chi connectivity index (χ1v) is 7.41. The third kappa shape index (κ3) is 5.12. The van der Waals surface area contributed by atoms with Crippen LogP contribution in [0.5, 0.6) is 0 Å². The lowest BCUT2D eigenvalue weighted by Crippen LogP contribution is -2.54. The van der Waals surface area contributed by atoms with Gasteiger partial charge in [-0.15, -0.1) is 0 Å². The molecular weight excluding hydrogens is 254 g/mol. The van der Waals surface area contributed by atoms with Crippen LogP contribution >= 0.6 is 0 Å². The summed E-state index contributed by atoms with van der Waals surface area (Å²) >= 11 is 0. The zero-order valence-electron chi connectivity index (χ0n) is 13.4. The Morgan fingerprint density at radius 2 is 1.90 bits per heavy atom. The fourth-order valence-electron chi connectivity index (χ4n) is 2.57. The molecule has 0 bridgehead atoms. The van der Waals surface area contributed by atoms with Crippen LogP contribution in [0.2, 0.25) is 0 Å². The Labute approximate surface area is 122 Å². The minimum Gasteiger partial charge on any atom is -0.369 e. The fourth-order valence-corrected chi connectivity index (χ4v) is 2.57. The van der Waals surface area contributed by atoms with Crippen molar-refractivity contribution in [3.8, 4) is 0 Å². The van der Waals surface area contributed by atoms with Crippen LogP contribution in [-0.2, 0) is 9.59 Å². The first-order chi connectivity index (χ1) is 9.09. The molecule has 5 heteroatoms. The number of nitrogens with zero attached hydrogens (tertiary/aromatic N) is 1. The molecule has 2 atom stereocenters. The van der Waals surface area contributed by atoms with Gasteiger partial charge in [-0.1, -0.05) is 34.6 Å². The van der Waals surface area contributed by atoms with Crippen LogP contribution in [0, 0.1) is 17.3 Å². The number of rotatable bonds is 4. The molecule has 0 spiro atoms. The maximum absolute atomic E-state index is 12.1. The number of primary amides is 1. The van der Waals surface area contributed by atoms with E-state index in [9.17, 15) is 9.59 Å². The summed E-state index contributed by atoms with van der Waals surface area (Å²) in [4.78, 5) is 25.3. The van der Waals surface area contributed by atoms with E-state index in [4.69, 9.17) is 5.73 Å². The van der Waals surface area contributed by atoms with Crippen molar-refractivity contribution in [2.75, 3.05) is 19.6 Å². The van der Waals surface area contributed by atoms with Crippen LogP contribution in [0.1, 0.15) is 41.0 Å². The van der Waals surface area contributed by atoms with E-state index >= 15 is 0 Å². The Balaban J connectivity index is 2.69. The highest BCUT2D eigenvalue weighted by atomic mass is 16.2. The molecule has 1 aliphatic rings. The standard InChI is InChI=1S/C15H29N3O2/c1-10(2)11-6-12(17-14(20)15(3,4)5)8-18(7-11)9-13(16)19/h10-12H,6-9H2,1-5H3,(H2,16,19)(H,17,20). The Kier molecular flexibility index (Phi) is 5.57. The lowest BCUT2D eigenvalue weighted by molar-refractivity contribution is -0.129. The highest BCUT2D eigenvalue weighted by Gasteiger charge is 2.32. The number of likely N-dealkylation sites (tertiary alicyclic amines) is 1. The first-order valence-electron chi connectivity index (χ1n) is 7.41. The molecule has 20 heavy (non-hydrogen) atoms. The molecule has 2 unspecified atom stereocenters. The molecule has 1 heterocycles. The van der Waals surface area contributed by atoms with Crippen LogP contribution in [-0.4, -0.2) is 42.4 Å². The van der Waals surface area contributed by atoms with E-state index in [-0.39, 0.29) is 29.8 Å². The Hall–Kier alpha value is -1.10. The molecule has 1 fully saturated rings. The number of piperidine rings is 1. The number of hydrogen-bond donors (Lipinski definition) is 2. The number of nitrogens with one attached hydrogen (secondary N) is 1. The molecule has 1 rings (SSSR count). The Bertz CT molecular complexity index is 361. The van der Waals surface area contributed by atoms with Crippen LogP contribution < -0.4 is 11.1 Å². The smallest absolute Gasteiger partial charge is 0.231 e. The van der Waals surface area contributed by atoms with E-state index < -0.39 is 0 Å². The van der Waals surface area contributed by atoms with Crippen LogP contribution in [0.3, 0.4) is 0 Å². The van der Waals surface area contributed by atoms with Gasteiger partial charge in [0.05, 0.1) is 6.54 Å². The van der Waals surface area contributed by atoms with Crippen LogP contribution in [0.25, 0.3) is 0 Å². The molecule has 0 aromatic heterocycles. The van der Waals surface area contributed by atoms with E-state index in [0.29, 0.717) is 18.4 Å². The molecule has 1 aliphatic heterocycles. The maximum atomic E-state index is 12.1. The van der Waals surface area contributed by atoms with Crippen molar-refractivity contribution >= 4 is 11.8 Å². The maximum Gasteiger partial charge on any atom is 0.231 e. The summed E-state index contributed by atoms with van der Waals surface area (Å²) in [6.07, 6.45) is 0.967. The topological polar surface area (TPSA) is 75.4 Å². The van der Waals surface area contributed by atoms with Gasteiger partial charge in [-0.05, 0) is 18.3 Å². The number of carbonyl (C=O) groups is 2. The zero-order valence-corrected chi connectivity index (χ0v) is 13.4. The predicted octanol–water partition coefficient (Wildman–Crippen LogP) is 0.981. The third-order valence-electron chi connectivity index (χ3n) is 3.90. The van der Waals surface area contributed by atoms with Gasteiger partial charge in [0.2, 0.25) is 11.8 Å². The summed E-state index contributed by atoms with van der Waals surface area (Å²) in [5, 5.41) is 3.11. The molecule has 0 aromatic rings. The molecule has 3 N–H and O–H groups in total. The monoisotopic (exact) mass is 283 g/mol. The normalized spacial score (nSPS) is 24.7. The largest absolute Gasteiger partial charge is 0.369 e. The molecular formula is C15H29N3O2. The lowest BCUT2D eigenvalue weighted by Gasteiger charge is -2.40. The molecule has 116 valence electrons. The van der Waals surface area contributed by atoms with Gasteiger partial charge in [0.25, 0.3) is 0 Å². The zero-order chi connectivity index (χ0) is 15.5. The van der Waals surface area contributed by atoms with Crippen molar-refractivity contribution in [1.29, 1.82) is 0 Å². The van der Waals surface area contributed by atoms with Crippen LogP contribution in [0.4, 0.5) is 0 Å². The van der Waals surface area contributed by atoms with Gasteiger partial charge in [0, 0.05) is 24.5 Å². The number of amides is 2. The quantitative estimate of drug-likeness (QED) is 0.807. The van der Waals surface area contributed by atoms with Crippen molar-refractivity contribution in [3.05, 3.63) is 0 Å². The average molecular weight is 283 g/mol. The minimum atomic E-state index is -0.390. The second-order valence-corrected chi connectivity index (χ2v) is 7.32. The number of hydrogen-bond acceptors (Lipinski definition) is 3. The van der Waals surface area contributed by atoms with Gasteiger partial charge in [0.1, 0.15) is 0 Å². The van der Waals surface area contributed by atoms with E-state index in [2.05, 4.69) is 24.1 Å². The Morgan fingerprint density at radius 3 is 2.35 bits per heavy atom. The van der Waals surface area contributed by atoms with Crippen molar-refractivity contribution in [2.45, 2.75) is 47.1 Å². The summed E-state index contributed by atoms with van der Waals surface area (Å²) in [5.41, 5.74) is 4.90. The highest BCUT2D eigenvalue weighted by Crippen LogP contribution is 2.24. The molecule has 0 radical (unpaired) electrons. The second kappa shape index (κ2) is 6.57. The summed E-state index contributed by atoms with van der Waals surface area (Å²) in [6.45, 7) is 11.9. The minimum absolute atomic E-state index is 0.0610. The summed E-state index contributed by atoms with van der Waals surface area (Å²) < 4.78 is 0. The predicted molar refractivity (Wildman–Crippen MR) is 80.0 cm³/mol.